The normalized spacial score (nSPS) is 10.9. The first-order chi connectivity index (χ1) is 7.26. The SMILES string of the molecule is CCc1nn(C)cc1-n1cncc1CN. The van der Waals surface area contributed by atoms with Gasteiger partial charge < -0.3 is 5.73 Å². The van der Waals surface area contributed by atoms with Crippen molar-refractivity contribution >= 4 is 0 Å². The lowest BCUT2D eigenvalue weighted by Gasteiger charge is -2.04. The van der Waals surface area contributed by atoms with Gasteiger partial charge in [-0.05, 0) is 6.42 Å². The predicted octanol–water partition coefficient (Wildman–Crippen LogP) is 0.627. The van der Waals surface area contributed by atoms with E-state index in [1.54, 1.807) is 12.5 Å². The molecule has 0 saturated heterocycles. The number of imidazole rings is 1. The van der Waals surface area contributed by atoms with Gasteiger partial charge in [-0.2, -0.15) is 5.10 Å². The second-order valence-corrected chi connectivity index (χ2v) is 3.45. The van der Waals surface area contributed by atoms with Crippen molar-refractivity contribution in [3.8, 4) is 5.69 Å². The molecule has 0 saturated carbocycles. The van der Waals surface area contributed by atoms with E-state index in [0.717, 1.165) is 23.5 Å². The fourth-order valence-electron chi connectivity index (χ4n) is 1.67. The van der Waals surface area contributed by atoms with Crippen LogP contribution in [-0.4, -0.2) is 19.3 Å². The van der Waals surface area contributed by atoms with Crippen molar-refractivity contribution in [3.63, 3.8) is 0 Å². The van der Waals surface area contributed by atoms with Crippen molar-refractivity contribution in [2.75, 3.05) is 0 Å². The van der Waals surface area contributed by atoms with E-state index in [2.05, 4.69) is 17.0 Å². The number of rotatable bonds is 3. The number of aromatic nitrogens is 4. The van der Waals surface area contributed by atoms with E-state index in [9.17, 15) is 0 Å². The minimum atomic E-state index is 0.484. The van der Waals surface area contributed by atoms with Crippen molar-refractivity contribution < 1.29 is 0 Å². The molecule has 0 atom stereocenters. The van der Waals surface area contributed by atoms with Crippen molar-refractivity contribution in [1.82, 2.24) is 19.3 Å². The number of hydrogen-bond acceptors (Lipinski definition) is 3. The Morgan fingerprint density at radius 3 is 2.93 bits per heavy atom. The third-order valence-corrected chi connectivity index (χ3v) is 2.40. The van der Waals surface area contributed by atoms with Gasteiger partial charge in [0.05, 0.1) is 23.4 Å². The molecular weight excluding hydrogens is 190 g/mol. The zero-order valence-electron chi connectivity index (χ0n) is 9.01. The Balaban J connectivity index is 2.52. The highest BCUT2D eigenvalue weighted by Gasteiger charge is 2.10. The highest BCUT2D eigenvalue weighted by molar-refractivity contribution is 5.36. The molecule has 5 heteroatoms. The molecular formula is C10H15N5. The maximum atomic E-state index is 5.64. The first-order valence-corrected chi connectivity index (χ1v) is 5.00. The number of hydrogen-bond donors (Lipinski definition) is 1. The Bertz CT molecular complexity index is 454. The van der Waals surface area contributed by atoms with Gasteiger partial charge in [-0.3, -0.25) is 9.25 Å². The average Bonchev–Trinajstić information content (AvgIpc) is 2.82. The van der Waals surface area contributed by atoms with Crippen molar-refractivity contribution in [1.29, 1.82) is 0 Å². The molecule has 2 N–H and O–H groups in total. The van der Waals surface area contributed by atoms with Crippen molar-refractivity contribution in [2.45, 2.75) is 19.9 Å². The molecule has 0 bridgehead atoms. The number of aryl methyl sites for hydroxylation is 2. The van der Waals surface area contributed by atoms with Crippen LogP contribution in [0.2, 0.25) is 0 Å². The standard InChI is InChI=1S/C10H15N5/c1-3-9-10(6-14(2)13-9)15-7-12-5-8(15)4-11/h5-7H,3-4,11H2,1-2H3. The molecule has 2 aromatic heterocycles. The second-order valence-electron chi connectivity index (χ2n) is 3.45. The third kappa shape index (κ3) is 1.66. The first-order valence-electron chi connectivity index (χ1n) is 5.00. The van der Waals surface area contributed by atoms with Crippen LogP contribution in [0.15, 0.2) is 18.7 Å². The molecule has 0 unspecified atom stereocenters. The zero-order chi connectivity index (χ0) is 10.8. The second kappa shape index (κ2) is 3.86. The molecule has 2 aromatic rings. The molecule has 2 heterocycles. The van der Waals surface area contributed by atoms with Gasteiger partial charge in [0.2, 0.25) is 0 Å². The highest BCUT2D eigenvalue weighted by atomic mass is 15.3. The van der Waals surface area contributed by atoms with Gasteiger partial charge >= 0.3 is 0 Å². The largest absolute Gasteiger partial charge is 0.325 e. The molecule has 0 aliphatic heterocycles. The summed E-state index contributed by atoms with van der Waals surface area (Å²) in [5.41, 5.74) is 8.77. The summed E-state index contributed by atoms with van der Waals surface area (Å²) in [6.07, 6.45) is 6.45. The summed E-state index contributed by atoms with van der Waals surface area (Å²) in [6.45, 7) is 2.57. The summed E-state index contributed by atoms with van der Waals surface area (Å²) in [5, 5.41) is 4.39. The van der Waals surface area contributed by atoms with Gasteiger partial charge in [0.25, 0.3) is 0 Å². The van der Waals surface area contributed by atoms with Crippen LogP contribution >= 0.6 is 0 Å². The van der Waals surface area contributed by atoms with Gasteiger partial charge in [0.15, 0.2) is 0 Å². The molecule has 0 amide bonds. The van der Waals surface area contributed by atoms with E-state index < -0.39 is 0 Å². The van der Waals surface area contributed by atoms with Crippen LogP contribution in [0.3, 0.4) is 0 Å². The number of nitrogens with zero attached hydrogens (tertiary/aromatic N) is 4. The average molecular weight is 205 g/mol. The molecule has 0 aromatic carbocycles. The third-order valence-electron chi connectivity index (χ3n) is 2.40. The first kappa shape index (κ1) is 9.92. The lowest BCUT2D eigenvalue weighted by atomic mass is 10.3. The lowest BCUT2D eigenvalue weighted by Crippen LogP contribution is -2.05. The summed E-state index contributed by atoms with van der Waals surface area (Å²) in [6, 6.07) is 0. The van der Waals surface area contributed by atoms with E-state index >= 15 is 0 Å². The van der Waals surface area contributed by atoms with Crippen LogP contribution in [0, 0.1) is 0 Å². The maximum absolute atomic E-state index is 5.64. The Morgan fingerprint density at radius 1 is 1.47 bits per heavy atom. The van der Waals surface area contributed by atoms with Crippen LogP contribution in [0.4, 0.5) is 0 Å². The molecule has 0 radical (unpaired) electrons. The summed E-state index contributed by atoms with van der Waals surface area (Å²) < 4.78 is 3.81. The highest BCUT2D eigenvalue weighted by Crippen LogP contribution is 2.15. The van der Waals surface area contributed by atoms with E-state index in [1.165, 1.54) is 0 Å². The van der Waals surface area contributed by atoms with Crippen LogP contribution in [0.5, 0.6) is 0 Å². The Hall–Kier alpha value is -1.62. The van der Waals surface area contributed by atoms with Crippen LogP contribution in [0.25, 0.3) is 5.69 Å². The summed E-state index contributed by atoms with van der Waals surface area (Å²) in [7, 11) is 1.92. The molecule has 5 nitrogen and oxygen atoms in total. The number of nitrogens with two attached hydrogens (primary N) is 1. The van der Waals surface area contributed by atoms with E-state index in [0.29, 0.717) is 6.54 Å². The van der Waals surface area contributed by atoms with Crippen LogP contribution < -0.4 is 5.73 Å². The topological polar surface area (TPSA) is 61.7 Å². The van der Waals surface area contributed by atoms with Gasteiger partial charge in [-0.1, -0.05) is 6.92 Å². The molecule has 0 spiro atoms. The van der Waals surface area contributed by atoms with Gasteiger partial charge in [0.1, 0.15) is 0 Å². The maximum Gasteiger partial charge on any atom is 0.0995 e. The lowest BCUT2D eigenvalue weighted by molar-refractivity contribution is 0.746. The summed E-state index contributed by atoms with van der Waals surface area (Å²) in [4.78, 5) is 4.10. The Labute approximate surface area is 88.5 Å². The summed E-state index contributed by atoms with van der Waals surface area (Å²) >= 11 is 0. The predicted molar refractivity (Wildman–Crippen MR) is 57.6 cm³/mol. The molecule has 0 aliphatic carbocycles. The minimum absolute atomic E-state index is 0.484. The molecule has 0 fully saturated rings. The minimum Gasteiger partial charge on any atom is -0.325 e. The Kier molecular flexibility index (Phi) is 2.55. The van der Waals surface area contributed by atoms with E-state index in [1.807, 2.05) is 22.5 Å². The van der Waals surface area contributed by atoms with Crippen LogP contribution in [-0.2, 0) is 20.0 Å². The van der Waals surface area contributed by atoms with Gasteiger partial charge in [0, 0.05) is 26.0 Å². The monoisotopic (exact) mass is 205 g/mol. The summed E-state index contributed by atoms with van der Waals surface area (Å²) in [5.74, 6) is 0. The van der Waals surface area contributed by atoms with Crippen LogP contribution in [0.1, 0.15) is 18.3 Å². The molecule has 2 rings (SSSR count). The van der Waals surface area contributed by atoms with Crippen molar-refractivity contribution in [3.05, 3.63) is 30.1 Å². The van der Waals surface area contributed by atoms with E-state index in [4.69, 9.17) is 5.73 Å². The smallest absolute Gasteiger partial charge is 0.0995 e. The Morgan fingerprint density at radius 2 is 2.27 bits per heavy atom. The fraction of sp³-hybridized carbons (Fsp3) is 0.400. The molecule has 80 valence electrons. The van der Waals surface area contributed by atoms with Gasteiger partial charge in [-0.15, -0.1) is 0 Å². The zero-order valence-corrected chi connectivity index (χ0v) is 9.01. The molecule has 0 aliphatic rings. The quantitative estimate of drug-likeness (QED) is 0.799. The molecule has 15 heavy (non-hydrogen) atoms. The van der Waals surface area contributed by atoms with E-state index in [-0.39, 0.29) is 0 Å². The fourth-order valence-corrected chi connectivity index (χ4v) is 1.67. The van der Waals surface area contributed by atoms with Gasteiger partial charge in [-0.25, -0.2) is 4.98 Å². The van der Waals surface area contributed by atoms with Crippen molar-refractivity contribution in [2.24, 2.45) is 12.8 Å².